The fourth-order valence-electron chi connectivity index (χ4n) is 3.11. The van der Waals surface area contributed by atoms with E-state index in [9.17, 15) is 10.1 Å². The number of thiophene rings is 1. The second-order valence-electron chi connectivity index (χ2n) is 5.49. The highest BCUT2D eigenvalue weighted by molar-refractivity contribution is 7.16. The van der Waals surface area contributed by atoms with Crippen LogP contribution >= 0.6 is 11.3 Å². The first-order valence-electron chi connectivity index (χ1n) is 7.10. The van der Waals surface area contributed by atoms with Crippen LogP contribution < -0.4 is 4.90 Å². The first-order chi connectivity index (χ1) is 10.2. The van der Waals surface area contributed by atoms with E-state index in [2.05, 4.69) is 16.1 Å². The molecule has 3 rings (SSSR count). The summed E-state index contributed by atoms with van der Waals surface area (Å²) in [4.78, 5) is 18.0. The lowest BCUT2D eigenvalue weighted by Crippen LogP contribution is -2.24. The van der Waals surface area contributed by atoms with Crippen molar-refractivity contribution in [1.29, 1.82) is 5.26 Å². The van der Waals surface area contributed by atoms with Gasteiger partial charge in [0.05, 0.1) is 5.56 Å². The number of anilines is 1. The van der Waals surface area contributed by atoms with E-state index < -0.39 is 0 Å². The monoisotopic (exact) mass is 301 g/mol. The molecule has 1 unspecified atom stereocenters. The molecule has 1 amide bonds. The molecule has 0 saturated carbocycles. The lowest BCUT2D eigenvalue weighted by atomic mass is 9.96. The first-order valence-corrected chi connectivity index (χ1v) is 7.92. The number of azide groups is 1. The number of nitrogens with zero attached hydrogens (tertiary/aromatic N) is 5. The number of fused-ring (bicyclic) bond motifs is 1. The molecule has 1 saturated heterocycles. The average molecular weight is 301 g/mol. The van der Waals surface area contributed by atoms with Crippen molar-refractivity contribution >= 4 is 22.2 Å². The minimum Gasteiger partial charge on any atom is -0.302 e. The molecule has 0 bridgehead atoms. The molecule has 21 heavy (non-hydrogen) atoms. The second kappa shape index (κ2) is 5.76. The molecule has 0 N–H and O–H groups in total. The molecule has 2 heterocycles. The summed E-state index contributed by atoms with van der Waals surface area (Å²) in [6.45, 7) is 0.887. The molecule has 0 aromatic carbocycles. The summed E-state index contributed by atoms with van der Waals surface area (Å²) >= 11 is 1.59. The Labute approximate surface area is 126 Å². The van der Waals surface area contributed by atoms with Crippen molar-refractivity contribution in [3.05, 3.63) is 26.4 Å². The summed E-state index contributed by atoms with van der Waals surface area (Å²) in [6, 6.07) is 2.29. The summed E-state index contributed by atoms with van der Waals surface area (Å²) in [6.07, 6.45) is 4.63. The molecule has 0 radical (unpaired) electrons. The Kier molecular flexibility index (Phi) is 3.82. The van der Waals surface area contributed by atoms with Gasteiger partial charge < -0.3 is 4.90 Å². The van der Waals surface area contributed by atoms with E-state index in [1.54, 1.807) is 16.2 Å². The molecule has 1 aromatic heterocycles. The zero-order chi connectivity index (χ0) is 14.8. The van der Waals surface area contributed by atoms with Gasteiger partial charge >= 0.3 is 0 Å². The van der Waals surface area contributed by atoms with E-state index in [-0.39, 0.29) is 11.8 Å². The number of aryl methyl sites for hydroxylation is 1. The number of hydrogen-bond acceptors (Lipinski definition) is 4. The van der Waals surface area contributed by atoms with E-state index in [4.69, 9.17) is 5.53 Å². The third kappa shape index (κ3) is 2.48. The predicted octanol–water partition coefficient (Wildman–Crippen LogP) is 3.16. The van der Waals surface area contributed by atoms with Crippen molar-refractivity contribution in [1.82, 2.24) is 0 Å². The number of carbonyl (C=O) groups excluding carboxylic acids is 1. The van der Waals surface area contributed by atoms with E-state index in [1.165, 1.54) is 4.88 Å². The molecular formula is C14H15N5OS. The summed E-state index contributed by atoms with van der Waals surface area (Å²) < 4.78 is 0. The SMILES string of the molecule is N#Cc1c(N2CC(CN=[N+]=[N-])CC2=O)sc2c1CCCC2. The number of carbonyl (C=O) groups is 1. The second-order valence-corrected chi connectivity index (χ2v) is 6.57. The molecule has 1 atom stereocenters. The van der Waals surface area contributed by atoms with Crippen molar-refractivity contribution < 1.29 is 4.79 Å². The molecule has 108 valence electrons. The Morgan fingerprint density at radius 1 is 1.48 bits per heavy atom. The molecule has 1 aromatic rings. The Morgan fingerprint density at radius 3 is 3.05 bits per heavy atom. The molecule has 1 aliphatic heterocycles. The smallest absolute Gasteiger partial charge is 0.227 e. The third-order valence-electron chi connectivity index (χ3n) is 4.12. The summed E-state index contributed by atoms with van der Waals surface area (Å²) in [5.74, 6) is 0.0855. The number of hydrogen-bond donors (Lipinski definition) is 0. The normalized spacial score (nSPS) is 20.8. The highest BCUT2D eigenvalue weighted by Gasteiger charge is 2.34. The Balaban J connectivity index is 1.90. The number of amides is 1. The van der Waals surface area contributed by atoms with Crippen molar-refractivity contribution in [3.63, 3.8) is 0 Å². The van der Waals surface area contributed by atoms with Crippen LogP contribution in [-0.4, -0.2) is 19.0 Å². The summed E-state index contributed by atoms with van der Waals surface area (Å²) in [5.41, 5.74) is 10.2. The highest BCUT2D eigenvalue weighted by Crippen LogP contribution is 2.41. The molecule has 1 aliphatic carbocycles. The first kappa shape index (κ1) is 13.9. The largest absolute Gasteiger partial charge is 0.302 e. The Hall–Kier alpha value is -2.03. The van der Waals surface area contributed by atoms with Gasteiger partial charge in [0, 0.05) is 29.3 Å². The topological polar surface area (TPSA) is 92.9 Å². The van der Waals surface area contributed by atoms with E-state index in [0.29, 0.717) is 25.1 Å². The zero-order valence-corrected chi connectivity index (χ0v) is 12.4. The van der Waals surface area contributed by atoms with Crippen LogP contribution in [0.5, 0.6) is 0 Å². The van der Waals surface area contributed by atoms with Crippen LogP contribution in [0.1, 0.15) is 35.3 Å². The van der Waals surface area contributed by atoms with Crippen molar-refractivity contribution in [2.45, 2.75) is 32.1 Å². The zero-order valence-electron chi connectivity index (χ0n) is 11.6. The van der Waals surface area contributed by atoms with Crippen LogP contribution in [0, 0.1) is 17.2 Å². The standard InChI is InChI=1S/C14H15N5OS/c15-6-11-10-3-1-2-4-12(10)21-14(11)19-8-9(5-13(19)20)7-17-18-16/h9H,1-5,7-8H2. The van der Waals surface area contributed by atoms with Gasteiger partial charge in [-0.1, -0.05) is 5.11 Å². The molecular weight excluding hydrogens is 286 g/mol. The van der Waals surface area contributed by atoms with Gasteiger partial charge in [0.25, 0.3) is 0 Å². The lowest BCUT2D eigenvalue weighted by molar-refractivity contribution is -0.117. The van der Waals surface area contributed by atoms with Gasteiger partial charge in [0.1, 0.15) is 11.1 Å². The van der Waals surface area contributed by atoms with Gasteiger partial charge in [-0.3, -0.25) is 4.79 Å². The van der Waals surface area contributed by atoms with Gasteiger partial charge in [-0.2, -0.15) is 5.26 Å². The van der Waals surface area contributed by atoms with Gasteiger partial charge in [0.15, 0.2) is 0 Å². The Bertz CT molecular complexity index is 668. The maximum atomic E-state index is 12.2. The third-order valence-corrected chi connectivity index (χ3v) is 5.43. The van der Waals surface area contributed by atoms with Crippen LogP contribution in [0.2, 0.25) is 0 Å². The van der Waals surface area contributed by atoms with Gasteiger partial charge in [-0.15, -0.1) is 11.3 Å². The quantitative estimate of drug-likeness (QED) is 0.487. The minimum absolute atomic E-state index is 0.0308. The fourth-order valence-corrected chi connectivity index (χ4v) is 4.47. The van der Waals surface area contributed by atoms with Gasteiger partial charge in [-0.05, 0) is 42.7 Å². The average Bonchev–Trinajstić information content (AvgIpc) is 3.04. The molecule has 0 spiro atoms. The van der Waals surface area contributed by atoms with Crippen molar-refractivity contribution in [2.75, 3.05) is 18.0 Å². The highest BCUT2D eigenvalue weighted by atomic mass is 32.1. The number of rotatable bonds is 3. The van der Waals surface area contributed by atoms with E-state index >= 15 is 0 Å². The van der Waals surface area contributed by atoms with Gasteiger partial charge in [0.2, 0.25) is 5.91 Å². The van der Waals surface area contributed by atoms with E-state index in [1.807, 2.05) is 0 Å². The Morgan fingerprint density at radius 2 is 2.29 bits per heavy atom. The molecule has 2 aliphatic rings. The maximum absolute atomic E-state index is 12.2. The lowest BCUT2D eigenvalue weighted by Gasteiger charge is -2.14. The van der Waals surface area contributed by atoms with Crippen LogP contribution in [0.25, 0.3) is 10.4 Å². The van der Waals surface area contributed by atoms with Crippen molar-refractivity contribution in [3.8, 4) is 6.07 Å². The van der Waals surface area contributed by atoms with Crippen LogP contribution in [0.3, 0.4) is 0 Å². The number of nitriles is 1. The summed E-state index contributed by atoms with van der Waals surface area (Å²) in [7, 11) is 0. The van der Waals surface area contributed by atoms with Gasteiger partial charge in [-0.25, -0.2) is 0 Å². The molecule has 7 heteroatoms. The van der Waals surface area contributed by atoms with Crippen LogP contribution in [-0.2, 0) is 17.6 Å². The van der Waals surface area contributed by atoms with Crippen LogP contribution in [0.4, 0.5) is 5.00 Å². The maximum Gasteiger partial charge on any atom is 0.227 e. The predicted molar refractivity (Wildman–Crippen MR) is 80.1 cm³/mol. The van der Waals surface area contributed by atoms with Crippen LogP contribution in [0.15, 0.2) is 5.11 Å². The fraction of sp³-hybridized carbons (Fsp3) is 0.571. The summed E-state index contributed by atoms with van der Waals surface area (Å²) in [5, 5.41) is 13.8. The molecule has 6 nitrogen and oxygen atoms in total. The molecule has 1 fully saturated rings. The van der Waals surface area contributed by atoms with Crippen molar-refractivity contribution in [2.24, 2.45) is 11.0 Å². The minimum atomic E-state index is 0.0308. The van der Waals surface area contributed by atoms with E-state index in [0.717, 1.165) is 36.2 Å².